The van der Waals surface area contributed by atoms with Crippen molar-refractivity contribution in [3.05, 3.63) is 29.6 Å². The maximum Gasteiger partial charge on any atom is 0.243 e. The molecule has 2 atom stereocenters. The second-order valence-electron chi connectivity index (χ2n) is 5.97. The number of hydrogen-bond acceptors (Lipinski definition) is 3. The molecule has 0 bridgehead atoms. The molecule has 2 aliphatic rings. The van der Waals surface area contributed by atoms with Crippen molar-refractivity contribution in [3.63, 3.8) is 0 Å². The van der Waals surface area contributed by atoms with Gasteiger partial charge >= 0.3 is 0 Å². The Morgan fingerprint density at radius 1 is 1.24 bits per heavy atom. The maximum absolute atomic E-state index is 13.5. The van der Waals surface area contributed by atoms with Gasteiger partial charge < -0.3 is 5.73 Å². The third kappa shape index (κ3) is 2.60. The first-order chi connectivity index (χ1) is 10.0. The maximum atomic E-state index is 13.5. The number of rotatable bonds is 3. The van der Waals surface area contributed by atoms with Crippen molar-refractivity contribution in [3.8, 4) is 0 Å². The van der Waals surface area contributed by atoms with E-state index in [1.54, 1.807) is 4.31 Å². The minimum absolute atomic E-state index is 0.0394. The summed E-state index contributed by atoms with van der Waals surface area (Å²) in [5, 5.41) is 0. The molecule has 2 N–H and O–H groups in total. The van der Waals surface area contributed by atoms with Gasteiger partial charge in [-0.1, -0.05) is 12.5 Å². The summed E-state index contributed by atoms with van der Waals surface area (Å²) in [5.41, 5.74) is 6.11. The van der Waals surface area contributed by atoms with Crippen LogP contribution in [0.1, 0.15) is 37.7 Å². The number of halogens is 1. The lowest BCUT2D eigenvalue weighted by molar-refractivity contribution is 0.202. The van der Waals surface area contributed by atoms with Crippen LogP contribution in [0.4, 0.5) is 4.39 Å². The quantitative estimate of drug-likeness (QED) is 0.931. The van der Waals surface area contributed by atoms with Gasteiger partial charge in [-0.05, 0) is 49.3 Å². The Bertz CT molecular complexity index is 633. The Labute approximate surface area is 125 Å². The molecule has 6 heteroatoms. The van der Waals surface area contributed by atoms with Gasteiger partial charge in [-0.15, -0.1) is 0 Å². The number of nitrogens with two attached hydrogens (primary N) is 1. The molecular formula is C15H21FN2O2S. The molecule has 3 rings (SSSR count). The van der Waals surface area contributed by atoms with Crippen LogP contribution in [-0.2, 0) is 16.6 Å². The highest BCUT2D eigenvalue weighted by Crippen LogP contribution is 2.39. The van der Waals surface area contributed by atoms with Gasteiger partial charge in [0, 0.05) is 19.1 Å². The number of benzene rings is 1. The van der Waals surface area contributed by atoms with Crippen molar-refractivity contribution < 1.29 is 12.8 Å². The van der Waals surface area contributed by atoms with E-state index >= 15 is 0 Å². The first kappa shape index (κ1) is 14.9. The molecule has 1 aliphatic carbocycles. The van der Waals surface area contributed by atoms with Gasteiger partial charge in [0.05, 0.1) is 4.90 Å². The highest BCUT2D eigenvalue weighted by molar-refractivity contribution is 7.89. The third-order valence-electron chi connectivity index (χ3n) is 4.78. The third-order valence-corrected chi connectivity index (χ3v) is 6.78. The normalized spacial score (nSPS) is 26.8. The zero-order chi connectivity index (χ0) is 15.0. The van der Waals surface area contributed by atoms with Crippen LogP contribution in [0, 0.1) is 11.7 Å². The van der Waals surface area contributed by atoms with Crippen LogP contribution in [0.2, 0.25) is 0 Å². The van der Waals surface area contributed by atoms with Crippen molar-refractivity contribution in [2.75, 3.05) is 6.54 Å². The fraction of sp³-hybridized carbons (Fsp3) is 0.600. The molecule has 0 amide bonds. The van der Waals surface area contributed by atoms with E-state index in [1.807, 2.05) is 0 Å². The van der Waals surface area contributed by atoms with Crippen LogP contribution in [0.15, 0.2) is 23.1 Å². The predicted molar refractivity (Wildman–Crippen MR) is 78.5 cm³/mol. The SMILES string of the molecule is NCc1ccc(F)cc1S(=O)(=O)N1CCCC2CCCC21. The molecule has 2 fully saturated rings. The molecule has 1 heterocycles. The van der Waals surface area contributed by atoms with Gasteiger partial charge in [-0.2, -0.15) is 4.31 Å². The zero-order valence-corrected chi connectivity index (χ0v) is 12.8. The molecule has 1 saturated heterocycles. The van der Waals surface area contributed by atoms with E-state index in [2.05, 4.69) is 0 Å². The van der Waals surface area contributed by atoms with Crippen molar-refractivity contribution in [2.24, 2.45) is 11.7 Å². The van der Waals surface area contributed by atoms with E-state index in [1.165, 1.54) is 12.1 Å². The van der Waals surface area contributed by atoms with E-state index in [0.29, 0.717) is 18.0 Å². The monoisotopic (exact) mass is 312 g/mol. The van der Waals surface area contributed by atoms with Crippen LogP contribution in [0.3, 0.4) is 0 Å². The molecule has 1 aromatic carbocycles. The van der Waals surface area contributed by atoms with Crippen LogP contribution in [0.25, 0.3) is 0 Å². The van der Waals surface area contributed by atoms with Crippen LogP contribution in [-0.4, -0.2) is 25.3 Å². The summed E-state index contributed by atoms with van der Waals surface area (Å²) in [6.07, 6.45) is 5.08. The lowest BCUT2D eigenvalue weighted by atomic mass is 9.94. The van der Waals surface area contributed by atoms with E-state index < -0.39 is 15.8 Å². The van der Waals surface area contributed by atoms with Crippen LogP contribution in [0.5, 0.6) is 0 Å². The molecule has 0 radical (unpaired) electrons. The summed E-state index contributed by atoms with van der Waals surface area (Å²) in [6.45, 7) is 0.626. The second kappa shape index (κ2) is 5.66. The predicted octanol–water partition coefficient (Wildman–Crippen LogP) is 2.24. The number of nitrogens with zero attached hydrogens (tertiary/aromatic N) is 1. The Kier molecular flexibility index (Phi) is 4.03. The fourth-order valence-corrected chi connectivity index (χ4v) is 5.77. The van der Waals surface area contributed by atoms with Crippen molar-refractivity contribution in [1.29, 1.82) is 0 Å². The molecule has 0 aromatic heterocycles. The minimum Gasteiger partial charge on any atom is -0.326 e. The molecule has 0 spiro atoms. The van der Waals surface area contributed by atoms with Crippen molar-refractivity contribution in [1.82, 2.24) is 4.31 Å². The van der Waals surface area contributed by atoms with Gasteiger partial charge in [-0.25, -0.2) is 12.8 Å². The van der Waals surface area contributed by atoms with Crippen LogP contribution >= 0.6 is 0 Å². The first-order valence-electron chi connectivity index (χ1n) is 7.54. The highest BCUT2D eigenvalue weighted by atomic mass is 32.2. The molecule has 4 nitrogen and oxygen atoms in total. The Balaban J connectivity index is 2.02. The van der Waals surface area contributed by atoms with E-state index in [4.69, 9.17) is 5.73 Å². The topological polar surface area (TPSA) is 63.4 Å². The summed E-state index contributed by atoms with van der Waals surface area (Å²) >= 11 is 0. The molecule has 2 unspecified atom stereocenters. The standard InChI is InChI=1S/C15H21FN2O2S/c16-13-7-6-12(10-17)15(9-13)21(19,20)18-8-2-4-11-3-1-5-14(11)18/h6-7,9,11,14H,1-5,8,10,17H2. The van der Waals surface area contributed by atoms with Gasteiger partial charge in [0.25, 0.3) is 0 Å². The Morgan fingerprint density at radius 2 is 2.00 bits per heavy atom. The molecule has 21 heavy (non-hydrogen) atoms. The number of sulfonamides is 1. The van der Waals surface area contributed by atoms with Gasteiger partial charge in [0.1, 0.15) is 5.82 Å². The van der Waals surface area contributed by atoms with Gasteiger partial charge in [-0.3, -0.25) is 0 Å². The average Bonchev–Trinajstić information content (AvgIpc) is 2.95. The molecule has 1 saturated carbocycles. The van der Waals surface area contributed by atoms with E-state index in [-0.39, 0.29) is 17.5 Å². The fourth-order valence-electron chi connectivity index (χ4n) is 3.77. The number of fused-ring (bicyclic) bond motifs is 1. The number of piperidine rings is 1. The van der Waals surface area contributed by atoms with E-state index in [9.17, 15) is 12.8 Å². The van der Waals surface area contributed by atoms with Gasteiger partial charge in [0.15, 0.2) is 0 Å². The van der Waals surface area contributed by atoms with Gasteiger partial charge in [0.2, 0.25) is 10.0 Å². The molecule has 1 aliphatic heterocycles. The van der Waals surface area contributed by atoms with Crippen LogP contribution < -0.4 is 5.73 Å². The number of hydrogen-bond donors (Lipinski definition) is 1. The first-order valence-corrected chi connectivity index (χ1v) is 8.98. The Hall–Kier alpha value is -0.980. The average molecular weight is 312 g/mol. The van der Waals surface area contributed by atoms with Crippen molar-refractivity contribution in [2.45, 2.75) is 49.6 Å². The van der Waals surface area contributed by atoms with Crippen molar-refractivity contribution >= 4 is 10.0 Å². The smallest absolute Gasteiger partial charge is 0.243 e. The highest BCUT2D eigenvalue weighted by Gasteiger charge is 2.41. The second-order valence-corrected chi connectivity index (χ2v) is 7.83. The summed E-state index contributed by atoms with van der Waals surface area (Å²) < 4.78 is 41.1. The minimum atomic E-state index is -3.67. The summed E-state index contributed by atoms with van der Waals surface area (Å²) in [6, 6.07) is 3.92. The molecular weight excluding hydrogens is 291 g/mol. The summed E-state index contributed by atoms with van der Waals surface area (Å²) in [5.74, 6) is -0.0748. The lowest BCUT2D eigenvalue weighted by Gasteiger charge is -2.37. The largest absolute Gasteiger partial charge is 0.326 e. The van der Waals surface area contributed by atoms with E-state index in [0.717, 1.165) is 38.2 Å². The summed E-state index contributed by atoms with van der Waals surface area (Å²) in [4.78, 5) is 0.0394. The molecule has 1 aromatic rings. The zero-order valence-electron chi connectivity index (χ0n) is 12.0. The Morgan fingerprint density at radius 3 is 2.76 bits per heavy atom. The lowest BCUT2D eigenvalue weighted by Crippen LogP contribution is -2.46. The summed E-state index contributed by atoms with van der Waals surface area (Å²) in [7, 11) is -3.67. The molecule has 116 valence electrons.